The number of aromatic nitrogens is 1. The van der Waals surface area contributed by atoms with E-state index in [1.807, 2.05) is 18.2 Å². The van der Waals surface area contributed by atoms with E-state index in [0.717, 1.165) is 34.9 Å². The van der Waals surface area contributed by atoms with Crippen molar-refractivity contribution in [2.45, 2.75) is 38.5 Å². The lowest BCUT2D eigenvalue weighted by Crippen LogP contribution is -2.35. The van der Waals surface area contributed by atoms with Gasteiger partial charge in [0.25, 0.3) is 0 Å². The number of rotatable bonds is 4. The molecule has 5 heteroatoms. The molecule has 2 aromatic rings. The van der Waals surface area contributed by atoms with Crippen LogP contribution in [0.2, 0.25) is 0 Å². The fourth-order valence-electron chi connectivity index (χ4n) is 3.48. The molecule has 0 amide bonds. The summed E-state index contributed by atoms with van der Waals surface area (Å²) in [5.74, 6) is 2.51. The largest absolute Gasteiger partial charge is 0.497 e. The molecule has 0 radical (unpaired) electrons. The van der Waals surface area contributed by atoms with E-state index in [9.17, 15) is 0 Å². The van der Waals surface area contributed by atoms with Crippen LogP contribution in [0.1, 0.15) is 37.1 Å². The van der Waals surface area contributed by atoms with E-state index in [1.165, 1.54) is 18.4 Å². The molecule has 132 valence electrons. The van der Waals surface area contributed by atoms with Gasteiger partial charge in [-0.3, -0.25) is 4.90 Å². The summed E-state index contributed by atoms with van der Waals surface area (Å²) in [6, 6.07) is 12.5. The van der Waals surface area contributed by atoms with Crippen molar-refractivity contribution in [1.29, 1.82) is 0 Å². The maximum absolute atomic E-state index is 6.37. The molecule has 4 nitrogen and oxygen atoms in total. The maximum atomic E-state index is 6.37. The van der Waals surface area contributed by atoms with Crippen molar-refractivity contribution in [3.05, 3.63) is 52.3 Å². The monoisotopic (exact) mass is 402 g/mol. The van der Waals surface area contributed by atoms with Crippen molar-refractivity contribution >= 4 is 15.9 Å². The van der Waals surface area contributed by atoms with Gasteiger partial charge in [0.05, 0.1) is 13.2 Å². The van der Waals surface area contributed by atoms with Crippen LogP contribution in [0, 0.1) is 5.92 Å². The Morgan fingerprint density at radius 2 is 1.96 bits per heavy atom. The molecule has 1 aliphatic carbocycles. The zero-order valence-corrected chi connectivity index (χ0v) is 16.2. The van der Waals surface area contributed by atoms with E-state index in [-0.39, 0.29) is 12.1 Å². The smallest absolute Gasteiger partial charge is 0.143 e. The highest BCUT2D eigenvalue weighted by Crippen LogP contribution is 2.41. The van der Waals surface area contributed by atoms with Crippen LogP contribution in [0.25, 0.3) is 0 Å². The van der Waals surface area contributed by atoms with Crippen LogP contribution in [0.4, 0.5) is 0 Å². The number of halogens is 1. The predicted octanol–water partition coefficient (Wildman–Crippen LogP) is 4.59. The number of methoxy groups -OCH3 is 1. The van der Waals surface area contributed by atoms with Crippen molar-refractivity contribution in [3.63, 3.8) is 0 Å². The summed E-state index contributed by atoms with van der Waals surface area (Å²) in [7, 11) is 1.70. The fourth-order valence-corrected chi connectivity index (χ4v) is 3.80. The van der Waals surface area contributed by atoms with Crippen LogP contribution in [0.3, 0.4) is 0 Å². The average molecular weight is 403 g/mol. The highest BCUT2D eigenvalue weighted by molar-refractivity contribution is 9.10. The van der Waals surface area contributed by atoms with Gasteiger partial charge in [-0.1, -0.05) is 12.1 Å². The number of fused-ring (bicyclic) bond motifs is 1. The van der Waals surface area contributed by atoms with Crippen molar-refractivity contribution < 1.29 is 9.47 Å². The molecule has 1 saturated carbocycles. The second-order valence-corrected chi connectivity index (χ2v) is 7.78. The molecular formula is C20H23BrN2O2. The maximum Gasteiger partial charge on any atom is 0.143 e. The number of nitrogens with zero attached hydrogens (tertiary/aromatic N) is 2. The quantitative estimate of drug-likeness (QED) is 0.700. The minimum Gasteiger partial charge on any atom is -0.497 e. The van der Waals surface area contributed by atoms with Gasteiger partial charge in [-0.15, -0.1) is 0 Å². The summed E-state index contributed by atoms with van der Waals surface area (Å²) in [5.41, 5.74) is 2.30. The molecule has 1 fully saturated rings. The van der Waals surface area contributed by atoms with E-state index in [4.69, 9.17) is 14.5 Å². The fraction of sp³-hybridized carbons (Fsp3) is 0.450. The van der Waals surface area contributed by atoms with Gasteiger partial charge in [-0.05, 0) is 71.4 Å². The Morgan fingerprint density at radius 3 is 2.64 bits per heavy atom. The molecule has 25 heavy (non-hydrogen) atoms. The second kappa shape index (κ2) is 6.96. The first kappa shape index (κ1) is 16.9. The van der Waals surface area contributed by atoms with Crippen LogP contribution < -0.4 is 9.47 Å². The third-order valence-corrected chi connectivity index (χ3v) is 5.62. The van der Waals surface area contributed by atoms with E-state index in [2.05, 4.69) is 46.0 Å². The highest BCUT2D eigenvalue weighted by atomic mass is 79.9. The number of pyridine rings is 1. The molecule has 4 rings (SSSR count). The zero-order valence-electron chi connectivity index (χ0n) is 14.6. The first-order chi connectivity index (χ1) is 12.1. The van der Waals surface area contributed by atoms with E-state index in [0.29, 0.717) is 5.92 Å². The summed E-state index contributed by atoms with van der Waals surface area (Å²) in [6.45, 7) is 4.04. The first-order valence-corrected chi connectivity index (χ1v) is 9.63. The normalized spacial score (nSPS) is 23.5. The van der Waals surface area contributed by atoms with Crippen LogP contribution in [-0.4, -0.2) is 29.6 Å². The van der Waals surface area contributed by atoms with Crippen LogP contribution in [-0.2, 0) is 6.54 Å². The lowest BCUT2D eigenvalue weighted by molar-refractivity contribution is 0.109. The molecule has 2 aliphatic rings. The van der Waals surface area contributed by atoms with Crippen LogP contribution in [0.5, 0.6) is 11.5 Å². The van der Waals surface area contributed by atoms with Gasteiger partial charge >= 0.3 is 0 Å². The standard InChI is InChI=1S/C20H23BrN2O2/c1-13-20-17(9-10-19(21)22-20)25-18(15-5-6-15)12-23(13)11-14-3-7-16(24-2)8-4-14/h3-4,7-10,13,15,18H,5-6,11-12H2,1-2H3/t13-,18-/m0/s1. The van der Waals surface area contributed by atoms with Gasteiger partial charge in [0.1, 0.15) is 27.9 Å². The van der Waals surface area contributed by atoms with Crippen LogP contribution >= 0.6 is 15.9 Å². The van der Waals surface area contributed by atoms with E-state index >= 15 is 0 Å². The Morgan fingerprint density at radius 1 is 1.20 bits per heavy atom. The van der Waals surface area contributed by atoms with Crippen molar-refractivity contribution in [3.8, 4) is 11.5 Å². The number of hydrogen-bond acceptors (Lipinski definition) is 4. The molecule has 0 spiro atoms. The molecule has 1 aliphatic heterocycles. The number of hydrogen-bond donors (Lipinski definition) is 0. The van der Waals surface area contributed by atoms with Crippen molar-refractivity contribution in [2.24, 2.45) is 5.92 Å². The Labute approximate surface area is 157 Å². The van der Waals surface area contributed by atoms with Gasteiger partial charge in [0, 0.05) is 13.1 Å². The van der Waals surface area contributed by atoms with Crippen molar-refractivity contribution in [1.82, 2.24) is 9.88 Å². The first-order valence-electron chi connectivity index (χ1n) is 8.84. The van der Waals surface area contributed by atoms with Gasteiger partial charge < -0.3 is 9.47 Å². The van der Waals surface area contributed by atoms with Crippen molar-refractivity contribution in [2.75, 3.05) is 13.7 Å². The summed E-state index contributed by atoms with van der Waals surface area (Å²) < 4.78 is 12.5. The summed E-state index contributed by atoms with van der Waals surface area (Å²) in [4.78, 5) is 7.20. The van der Waals surface area contributed by atoms with E-state index < -0.39 is 0 Å². The molecule has 2 heterocycles. The Kier molecular flexibility index (Phi) is 4.69. The zero-order chi connectivity index (χ0) is 17.4. The Balaban J connectivity index is 1.62. The average Bonchev–Trinajstić information content (AvgIpc) is 3.46. The van der Waals surface area contributed by atoms with Gasteiger partial charge in [0.2, 0.25) is 0 Å². The molecule has 0 bridgehead atoms. The molecule has 1 aromatic heterocycles. The third kappa shape index (κ3) is 3.67. The lowest BCUT2D eigenvalue weighted by Gasteiger charge is -2.28. The Hall–Kier alpha value is -1.59. The highest BCUT2D eigenvalue weighted by Gasteiger charge is 2.38. The molecule has 2 atom stereocenters. The molecule has 1 aromatic carbocycles. The summed E-state index contributed by atoms with van der Waals surface area (Å²) in [5, 5.41) is 0. The summed E-state index contributed by atoms with van der Waals surface area (Å²) >= 11 is 3.50. The predicted molar refractivity (Wildman–Crippen MR) is 101 cm³/mol. The van der Waals surface area contributed by atoms with Gasteiger partial charge in [0.15, 0.2) is 0 Å². The summed E-state index contributed by atoms with van der Waals surface area (Å²) in [6.07, 6.45) is 2.80. The topological polar surface area (TPSA) is 34.6 Å². The van der Waals surface area contributed by atoms with Gasteiger partial charge in [-0.2, -0.15) is 0 Å². The number of ether oxygens (including phenoxy) is 2. The number of benzene rings is 1. The molecular weight excluding hydrogens is 380 g/mol. The van der Waals surface area contributed by atoms with Crippen LogP contribution in [0.15, 0.2) is 41.0 Å². The third-order valence-electron chi connectivity index (χ3n) is 5.18. The van der Waals surface area contributed by atoms with E-state index in [1.54, 1.807) is 7.11 Å². The van der Waals surface area contributed by atoms with Gasteiger partial charge in [-0.25, -0.2) is 4.98 Å². The minimum atomic E-state index is 0.207. The Bertz CT molecular complexity index is 746. The lowest BCUT2D eigenvalue weighted by atomic mass is 10.1. The molecule has 0 saturated heterocycles. The SMILES string of the molecule is COc1ccc(CN2C[C@@H](C3CC3)Oc3ccc(Br)nc3[C@@H]2C)cc1. The molecule has 0 unspecified atom stereocenters. The second-order valence-electron chi connectivity index (χ2n) is 6.96. The minimum absolute atomic E-state index is 0.207. The molecule has 0 N–H and O–H groups in total.